The Morgan fingerprint density at radius 2 is 1.73 bits per heavy atom. The Morgan fingerprint density at radius 1 is 0.975 bits per heavy atom. The van der Waals surface area contributed by atoms with E-state index < -0.39 is 11.7 Å². The predicted octanol–water partition coefficient (Wildman–Crippen LogP) is 9.62. The van der Waals surface area contributed by atoms with Crippen molar-refractivity contribution in [2.24, 2.45) is 0 Å². The molecule has 0 aliphatic carbocycles. The topological polar surface area (TPSA) is 66.8 Å². The highest BCUT2D eigenvalue weighted by Gasteiger charge is 2.35. The van der Waals surface area contributed by atoms with Gasteiger partial charge >= 0.3 is 6.18 Å². The zero-order valence-electron chi connectivity index (χ0n) is 23.7. The fourth-order valence-corrected chi connectivity index (χ4v) is 5.92. The van der Waals surface area contributed by atoms with Gasteiger partial charge in [-0.15, -0.1) is 22.7 Å². The number of unbranched alkanes of at least 4 members (excludes halogenated alkanes) is 5. The molecule has 4 rings (SSSR count). The largest absolute Gasteiger partial charge is 0.418 e. The van der Waals surface area contributed by atoms with Crippen molar-refractivity contribution < 1.29 is 13.2 Å². The van der Waals surface area contributed by atoms with Gasteiger partial charge in [0.25, 0.3) is 0 Å². The molecule has 0 fully saturated rings. The first-order valence-electron chi connectivity index (χ1n) is 13.7. The summed E-state index contributed by atoms with van der Waals surface area (Å²) in [5.74, 6) is 0. The number of rotatable bonds is 12. The van der Waals surface area contributed by atoms with Crippen LogP contribution < -0.4 is 10.2 Å². The first-order valence-corrected chi connectivity index (χ1v) is 15.3. The molecule has 1 aromatic carbocycles. The quantitative estimate of drug-likeness (QED) is 0.166. The van der Waals surface area contributed by atoms with Gasteiger partial charge in [-0.25, -0.2) is 9.97 Å². The third-order valence-electron chi connectivity index (χ3n) is 6.13. The zero-order valence-corrected chi connectivity index (χ0v) is 25.3. The molecule has 0 saturated heterocycles. The van der Waals surface area contributed by atoms with E-state index in [1.54, 1.807) is 36.6 Å². The summed E-state index contributed by atoms with van der Waals surface area (Å²) in [6.07, 6.45) is 6.98. The molecule has 0 spiro atoms. The van der Waals surface area contributed by atoms with E-state index in [-0.39, 0.29) is 5.69 Å². The van der Waals surface area contributed by atoms with Gasteiger partial charge in [0.05, 0.1) is 28.0 Å². The maximum atomic E-state index is 14.0. The molecule has 0 saturated carbocycles. The highest BCUT2D eigenvalue weighted by molar-refractivity contribution is 7.19. The van der Waals surface area contributed by atoms with Crippen molar-refractivity contribution in [1.29, 1.82) is 0 Å². The van der Waals surface area contributed by atoms with Crippen LogP contribution in [0.25, 0.3) is 21.3 Å². The lowest BCUT2D eigenvalue weighted by Crippen LogP contribution is -2.22. The van der Waals surface area contributed by atoms with Crippen molar-refractivity contribution in [3.63, 3.8) is 0 Å². The Hall–Kier alpha value is -3.05. The molecule has 1 N–H and O–H groups in total. The summed E-state index contributed by atoms with van der Waals surface area (Å²) in [4.78, 5) is 20.2. The lowest BCUT2D eigenvalue weighted by Gasteiger charge is -2.24. The fraction of sp³-hybridized carbons (Fsp3) is 0.448. The number of aromatic nitrogens is 4. The molecule has 0 aliphatic heterocycles. The summed E-state index contributed by atoms with van der Waals surface area (Å²) in [6.45, 7) is 8.65. The number of thiazole rings is 2. The third kappa shape index (κ3) is 8.47. The van der Waals surface area contributed by atoms with Crippen LogP contribution in [0, 0.1) is 6.92 Å². The van der Waals surface area contributed by atoms with Crippen molar-refractivity contribution in [1.82, 2.24) is 19.9 Å². The van der Waals surface area contributed by atoms with E-state index >= 15 is 0 Å². The van der Waals surface area contributed by atoms with Crippen LogP contribution in [0.15, 0.2) is 42.2 Å². The Labute approximate surface area is 242 Å². The highest BCUT2D eigenvalue weighted by atomic mass is 32.1. The SMILES string of the molecule is CC.CCCCCCCCN(C)c1ccc(Nc2nc(-c3sc(-c4cnccn4)nc3C)cs2)cc1C(F)(F)F. The minimum atomic E-state index is -4.47. The average molecular weight is 591 g/mol. The van der Waals surface area contributed by atoms with E-state index in [0.29, 0.717) is 28.8 Å². The van der Waals surface area contributed by atoms with Gasteiger partial charge in [-0.1, -0.05) is 52.9 Å². The molecule has 216 valence electrons. The van der Waals surface area contributed by atoms with Crippen LogP contribution in [-0.4, -0.2) is 33.5 Å². The van der Waals surface area contributed by atoms with Gasteiger partial charge < -0.3 is 10.2 Å². The Bertz CT molecular complexity index is 1320. The first-order chi connectivity index (χ1) is 19.3. The van der Waals surface area contributed by atoms with E-state index in [1.165, 1.54) is 48.0 Å². The number of nitrogens with zero attached hydrogens (tertiary/aromatic N) is 5. The number of anilines is 3. The van der Waals surface area contributed by atoms with Crippen LogP contribution in [-0.2, 0) is 6.18 Å². The number of alkyl halides is 3. The van der Waals surface area contributed by atoms with Gasteiger partial charge in [0.2, 0.25) is 0 Å². The van der Waals surface area contributed by atoms with Gasteiger partial charge in [-0.3, -0.25) is 9.97 Å². The standard InChI is InChI=1S/C27H31F3N6S2.C2H6/c1-4-5-6-7-8-9-14-36(3)23-11-10-19(15-20(23)27(28,29)30)34-26-35-22(17-37-26)24-18(2)33-25(38-24)21-16-31-12-13-32-21;1-2/h10-13,15-17H,4-9,14H2,1-3H3,(H,34,35);1-2H3. The number of hydrogen-bond acceptors (Lipinski definition) is 8. The second kappa shape index (κ2) is 15.1. The van der Waals surface area contributed by atoms with Crippen LogP contribution in [0.3, 0.4) is 0 Å². The summed E-state index contributed by atoms with van der Waals surface area (Å²) >= 11 is 2.79. The van der Waals surface area contributed by atoms with Crippen molar-refractivity contribution in [3.05, 3.63) is 53.4 Å². The lowest BCUT2D eigenvalue weighted by molar-refractivity contribution is -0.137. The Morgan fingerprint density at radius 3 is 2.42 bits per heavy atom. The molecule has 11 heteroatoms. The van der Waals surface area contributed by atoms with Crippen molar-refractivity contribution in [2.45, 2.75) is 72.4 Å². The molecule has 0 radical (unpaired) electrons. The van der Waals surface area contributed by atoms with Gasteiger partial charge in [0.1, 0.15) is 10.7 Å². The predicted molar refractivity (Wildman–Crippen MR) is 162 cm³/mol. The van der Waals surface area contributed by atoms with Gasteiger partial charge in [-0.05, 0) is 31.5 Å². The van der Waals surface area contributed by atoms with Crippen molar-refractivity contribution >= 4 is 39.2 Å². The van der Waals surface area contributed by atoms with Crippen molar-refractivity contribution in [2.75, 3.05) is 23.8 Å². The summed E-state index contributed by atoms with van der Waals surface area (Å²) in [5, 5.41) is 6.17. The molecule has 0 amide bonds. The Kier molecular flexibility index (Phi) is 11.9. The van der Waals surface area contributed by atoms with Gasteiger partial charge in [0, 0.05) is 42.7 Å². The molecule has 3 aromatic heterocycles. The van der Waals surface area contributed by atoms with E-state index in [0.717, 1.165) is 40.9 Å². The lowest BCUT2D eigenvalue weighted by atomic mass is 10.1. The van der Waals surface area contributed by atoms with E-state index in [2.05, 4.69) is 32.2 Å². The van der Waals surface area contributed by atoms with E-state index in [4.69, 9.17) is 0 Å². The van der Waals surface area contributed by atoms with Crippen LogP contribution in [0.5, 0.6) is 0 Å². The summed E-state index contributed by atoms with van der Waals surface area (Å²) < 4.78 is 42.0. The summed E-state index contributed by atoms with van der Waals surface area (Å²) in [6, 6.07) is 4.38. The van der Waals surface area contributed by atoms with Crippen LogP contribution in [0.1, 0.15) is 70.6 Å². The average Bonchev–Trinajstić information content (AvgIpc) is 3.58. The maximum Gasteiger partial charge on any atom is 0.418 e. The normalized spacial score (nSPS) is 11.2. The van der Waals surface area contributed by atoms with Crippen LogP contribution in [0.2, 0.25) is 0 Å². The molecule has 0 aliphatic rings. The van der Waals surface area contributed by atoms with Crippen molar-refractivity contribution in [3.8, 4) is 21.3 Å². The number of nitrogens with one attached hydrogen (secondary N) is 1. The Balaban J connectivity index is 0.00000216. The highest BCUT2D eigenvalue weighted by Crippen LogP contribution is 2.40. The third-order valence-corrected chi connectivity index (χ3v) is 8.09. The number of halogens is 3. The number of aryl methyl sites for hydroxylation is 1. The molecule has 6 nitrogen and oxygen atoms in total. The zero-order chi connectivity index (χ0) is 29.1. The minimum absolute atomic E-state index is 0.188. The smallest absolute Gasteiger partial charge is 0.374 e. The minimum Gasteiger partial charge on any atom is -0.374 e. The molecule has 3 heterocycles. The van der Waals surface area contributed by atoms with Crippen LogP contribution in [0.4, 0.5) is 29.7 Å². The number of benzene rings is 1. The molecular formula is C29H37F3N6S2. The summed E-state index contributed by atoms with van der Waals surface area (Å²) in [5.41, 5.74) is 2.09. The fourth-order valence-electron chi connectivity index (χ4n) is 4.14. The van der Waals surface area contributed by atoms with Gasteiger partial charge in [-0.2, -0.15) is 13.2 Å². The van der Waals surface area contributed by atoms with Gasteiger partial charge in [0.15, 0.2) is 5.13 Å². The second-order valence-electron chi connectivity index (χ2n) is 9.11. The molecule has 0 unspecified atom stereocenters. The monoisotopic (exact) mass is 590 g/mol. The maximum absolute atomic E-state index is 14.0. The molecule has 40 heavy (non-hydrogen) atoms. The van der Waals surface area contributed by atoms with E-state index in [9.17, 15) is 13.2 Å². The summed E-state index contributed by atoms with van der Waals surface area (Å²) in [7, 11) is 1.73. The molecule has 0 bridgehead atoms. The van der Waals surface area contributed by atoms with E-state index in [1.807, 2.05) is 26.2 Å². The molecular weight excluding hydrogens is 553 g/mol. The second-order valence-corrected chi connectivity index (χ2v) is 11.0. The first kappa shape index (κ1) is 31.5. The van der Waals surface area contributed by atoms with Crippen LogP contribution >= 0.6 is 22.7 Å². The molecule has 0 atom stereocenters. The number of hydrogen-bond donors (Lipinski definition) is 1. The molecule has 4 aromatic rings.